The molecule has 0 unspecified atom stereocenters. The number of carboxylic acid groups (broad SMARTS) is 1. The predicted molar refractivity (Wildman–Crippen MR) is 82.3 cm³/mol. The van der Waals surface area contributed by atoms with Crippen molar-refractivity contribution in [2.75, 3.05) is 0 Å². The highest BCUT2D eigenvalue weighted by Gasteiger charge is 2.30. The third kappa shape index (κ3) is 3.00. The van der Waals surface area contributed by atoms with Crippen LogP contribution in [0.4, 0.5) is 0 Å². The molecule has 4 heteroatoms. The van der Waals surface area contributed by atoms with Crippen LogP contribution in [-0.4, -0.2) is 16.2 Å². The molecule has 2 rings (SSSR count). The van der Waals surface area contributed by atoms with Crippen LogP contribution in [0.15, 0.2) is 10.5 Å². The lowest BCUT2D eigenvalue weighted by Crippen LogP contribution is -2.22. The molecular formula is C16H21BrO3. The molecule has 1 aliphatic rings. The van der Waals surface area contributed by atoms with Gasteiger partial charge in [-0.15, -0.1) is 0 Å². The summed E-state index contributed by atoms with van der Waals surface area (Å²) < 4.78 is 0.755. The Morgan fingerprint density at radius 1 is 1.30 bits per heavy atom. The van der Waals surface area contributed by atoms with Gasteiger partial charge in [0.15, 0.2) is 0 Å². The molecule has 0 bridgehead atoms. The molecule has 1 aromatic rings. The summed E-state index contributed by atoms with van der Waals surface area (Å²) in [6, 6.07) is 2.02. The first-order chi connectivity index (χ1) is 9.33. The summed E-state index contributed by atoms with van der Waals surface area (Å²) in [5.41, 5.74) is 2.59. The van der Waals surface area contributed by atoms with Gasteiger partial charge in [0.2, 0.25) is 0 Å². The van der Waals surface area contributed by atoms with E-state index in [9.17, 15) is 9.90 Å². The fourth-order valence-corrected chi connectivity index (χ4v) is 3.67. The van der Waals surface area contributed by atoms with Gasteiger partial charge in [-0.3, -0.25) is 4.79 Å². The zero-order valence-corrected chi connectivity index (χ0v) is 13.6. The van der Waals surface area contributed by atoms with Gasteiger partial charge < -0.3 is 10.2 Å². The third-order valence-corrected chi connectivity index (χ3v) is 4.98. The summed E-state index contributed by atoms with van der Waals surface area (Å²) in [5.74, 6) is -0.641. The maximum atomic E-state index is 11.0. The normalized spacial score (nSPS) is 15.6. The first-order valence-corrected chi connectivity index (χ1v) is 7.87. The highest BCUT2D eigenvalue weighted by atomic mass is 79.9. The van der Waals surface area contributed by atoms with Crippen LogP contribution >= 0.6 is 15.9 Å². The number of aryl methyl sites for hydroxylation is 1. The summed E-state index contributed by atoms with van der Waals surface area (Å²) in [7, 11) is 0. The molecule has 0 saturated carbocycles. The lowest BCUT2D eigenvalue weighted by atomic mass is 9.79. The van der Waals surface area contributed by atoms with Gasteiger partial charge in [-0.25, -0.2) is 0 Å². The Balaban J connectivity index is 2.52. The van der Waals surface area contributed by atoms with Crippen LogP contribution in [0.1, 0.15) is 56.2 Å². The van der Waals surface area contributed by atoms with Crippen LogP contribution in [0, 0.1) is 0 Å². The fourth-order valence-electron chi connectivity index (χ4n) is 3.01. The van der Waals surface area contributed by atoms with E-state index in [0.717, 1.165) is 35.7 Å². The predicted octanol–water partition coefficient (Wildman–Crippen LogP) is 4.18. The maximum absolute atomic E-state index is 11.0. The quantitative estimate of drug-likeness (QED) is 0.811. The van der Waals surface area contributed by atoms with Crippen LogP contribution in [0.25, 0.3) is 0 Å². The molecule has 1 aromatic carbocycles. The number of carbonyl (C=O) groups is 1. The SMILES string of the molecule is CC(C)(CC(=O)O)c1cc2c(c(Br)c1O)CCCCC2. The molecule has 2 N–H and O–H groups in total. The average Bonchev–Trinajstić information content (AvgIpc) is 2.57. The standard InChI is InChI=1S/C16H21BrO3/c1-16(2,9-13(18)19)12-8-10-6-4-3-5-7-11(10)14(17)15(12)20/h8,20H,3-7,9H2,1-2H3,(H,18,19). The summed E-state index contributed by atoms with van der Waals surface area (Å²) in [4.78, 5) is 11.0. The Labute approximate surface area is 128 Å². The van der Waals surface area contributed by atoms with E-state index in [2.05, 4.69) is 15.9 Å². The van der Waals surface area contributed by atoms with Gasteiger partial charge in [-0.1, -0.05) is 26.3 Å². The van der Waals surface area contributed by atoms with Gasteiger partial charge in [0.1, 0.15) is 5.75 Å². The lowest BCUT2D eigenvalue weighted by Gasteiger charge is -2.26. The number of hydrogen-bond acceptors (Lipinski definition) is 2. The van der Waals surface area contributed by atoms with Crippen molar-refractivity contribution >= 4 is 21.9 Å². The number of hydrogen-bond donors (Lipinski definition) is 2. The smallest absolute Gasteiger partial charge is 0.304 e. The van der Waals surface area contributed by atoms with E-state index in [4.69, 9.17) is 5.11 Å². The molecule has 0 amide bonds. The number of rotatable bonds is 3. The lowest BCUT2D eigenvalue weighted by molar-refractivity contribution is -0.138. The molecule has 3 nitrogen and oxygen atoms in total. The van der Waals surface area contributed by atoms with Gasteiger partial charge >= 0.3 is 5.97 Å². The number of benzene rings is 1. The molecule has 0 heterocycles. The van der Waals surface area contributed by atoms with Crippen molar-refractivity contribution in [3.8, 4) is 5.75 Å². The highest BCUT2D eigenvalue weighted by molar-refractivity contribution is 9.10. The summed E-state index contributed by atoms with van der Waals surface area (Å²) in [5, 5.41) is 19.5. The Morgan fingerprint density at radius 3 is 2.60 bits per heavy atom. The zero-order chi connectivity index (χ0) is 14.9. The zero-order valence-electron chi connectivity index (χ0n) is 12.0. The second-order valence-corrected chi connectivity index (χ2v) is 7.03. The van der Waals surface area contributed by atoms with E-state index < -0.39 is 11.4 Å². The van der Waals surface area contributed by atoms with Crippen molar-refractivity contribution < 1.29 is 15.0 Å². The second kappa shape index (κ2) is 5.76. The number of halogens is 1. The van der Waals surface area contributed by atoms with E-state index in [1.807, 2.05) is 19.9 Å². The van der Waals surface area contributed by atoms with Gasteiger partial charge in [0.05, 0.1) is 10.9 Å². The minimum Gasteiger partial charge on any atom is -0.506 e. The summed E-state index contributed by atoms with van der Waals surface area (Å²) in [6.45, 7) is 3.73. The number of phenols is 1. The van der Waals surface area contributed by atoms with Crippen molar-refractivity contribution in [1.82, 2.24) is 0 Å². The first-order valence-electron chi connectivity index (χ1n) is 7.08. The number of aromatic hydroxyl groups is 1. The first kappa shape index (κ1) is 15.4. The van der Waals surface area contributed by atoms with Gasteiger partial charge in [0, 0.05) is 11.0 Å². The van der Waals surface area contributed by atoms with E-state index in [-0.39, 0.29) is 12.2 Å². The van der Waals surface area contributed by atoms with E-state index in [0.29, 0.717) is 0 Å². The molecule has 1 aliphatic carbocycles. The van der Waals surface area contributed by atoms with Gasteiger partial charge in [0.25, 0.3) is 0 Å². The van der Waals surface area contributed by atoms with Gasteiger partial charge in [-0.2, -0.15) is 0 Å². The van der Waals surface area contributed by atoms with Crippen molar-refractivity contribution in [3.63, 3.8) is 0 Å². The molecule has 0 spiro atoms. The average molecular weight is 341 g/mol. The van der Waals surface area contributed by atoms with Crippen LogP contribution in [0.2, 0.25) is 0 Å². The highest BCUT2D eigenvalue weighted by Crippen LogP contribution is 2.43. The molecule has 0 aliphatic heterocycles. The molecule has 0 atom stereocenters. The van der Waals surface area contributed by atoms with Crippen LogP contribution in [-0.2, 0) is 23.1 Å². The number of fused-ring (bicyclic) bond motifs is 1. The molecular weight excluding hydrogens is 320 g/mol. The molecule has 110 valence electrons. The number of phenolic OH excluding ortho intramolecular Hbond substituents is 1. The Bertz CT molecular complexity index is 535. The Kier molecular flexibility index (Phi) is 4.43. The molecule has 20 heavy (non-hydrogen) atoms. The fraction of sp³-hybridized carbons (Fsp3) is 0.562. The van der Waals surface area contributed by atoms with Crippen molar-refractivity contribution in [3.05, 3.63) is 27.2 Å². The Hall–Kier alpha value is -1.03. The number of carboxylic acids is 1. The number of aliphatic carboxylic acids is 1. The Morgan fingerprint density at radius 2 is 1.95 bits per heavy atom. The van der Waals surface area contributed by atoms with E-state index >= 15 is 0 Å². The van der Waals surface area contributed by atoms with Crippen LogP contribution < -0.4 is 0 Å². The minimum atomic E-state index is -0.847. The largest absolute Gasteiger partial charge is 0.506 e. The van der Waals surface area contributed by atoms with Crippen LogP contribution in [0.5, 0.6) is 5.75 Å². The monoisotopic (exact) mass is 340 g/mol. The van der Waals surface area contributed by atoms with Crippen LogP contribution in [0.3, 0.4) is 0 Å². The molecule has 0 saturated heterocycles. The minimum absolute atomic E-state index is 0.00574. The summed E-state index contributed by atoms with van der Waals surface area (Å²) >= 11 is 3.51. The summed E-state index contributed by atoms with van der Waals surface area (Å²) in [6.07, 6.45) is 5.49. The molecule has 0 radical (unpaired) electrons. The molecule has 0 fully saturated rings. The van der Waals surface area contributed by atoms with Crippen molar-refractivity contribution in [1.29, 1.82) is 0 Å². The van der Waals surface area contributed by atoms with Crippen molar-refractivity contribution in [2.24, 2.45) is 0 Å². The van der Waals surface area contributed by atoms with Gasteiger partial charge in [-0.05, 0) is 52.7 Å². The van der Waals surface area contributed by atoms with Crippen molar-refractivity contribution in [2.45, 2.75) is 57.8 Å². The third-order valence-electron chi connectivity index (χ3n) is 4.13. The topological polar surface area (TPSA) is 57.5 Å². The van der Waals surface area contributed by atoms with E-state index in [1.165, 1.54) is 17.5 Å². The van der Waals surface area contributed by atoms with E-state index in [1.54, 1.807) is 0 Å². The molecule has 0 aromatic heterocycles. The maximum Gasteiger partial charge on any atom is 0.304 e. The second-order valence-electron chi connectivity index (χ2n) is 6.24.